The highest BCUT2D eigenvalue weighted by Gasteiger charge is 2.24. The Morgan fingerprint density at radius 1 is 1.60 bits per heavy atom. The quantitative estimate of drug-likeness (QED) is 0.822. The van der Waals surface area contributed by atoms with Crippen LogP contribution in [0, 0.1) is 11.7 Å². The molecule has 1 atom stereocenters. The maximum absolute atomic E-state index is 13.5. The summed E-state index contributed by atoms with van der Waals surface area (Å²) in [4.78, 5) is 4.12. The molecule has 0 saturated heterocycles. The van der Waals surface area contributed by atoms with Gasteiger partial charge in [0.15, 0.2) is 0 Å². The molecule has 0 aromatic carbocycles. The van der Waals surface area contributed by atoms with Gasteiger partial charge in [-0.25, -0.2) is 4.39 Å². The van der Waals surface area contributed by atoms with Crippen LogP contribution in [0.4, 0.5) is 4.39 Å². The molecule has 0 bridgehead atoms. The van der Waals surface area contributed by atoms with Crippen LogP contribution in [0.3, 0.4) is 0 Å². The summed E-state index contributed by atoms with van der Waals surface area (Å²) < 4.78 is 13.5. The fraction of sp³-hybridized carbons (Fsp3) is 0.583. The smallest absolute Gasteiger partial charge is 0.146 e. The van der Waals surface area contributed by atoms with Crippen LogP contribution in [-0.2, 0) is 0 Å². The van der Waals surface area contributed by atoms with Crippen molar-refractivity contribution in [2.75, 3.05) is 7.05 Å². The van der Waals surface area contributed by atoms with Crippen molar-refractivity contribution in [3.05, 3.63) is 29.8 Å². The average molecular weight is 208 g/mol. The number of halogens is 1. The van der Waals surface area contributed by atoms with Crippen molar-refractivity contribution in [3.8, 4) is 0 Å². The third-order valence-electron chi connectivity index (χ3n) is 3.26. The molecule has 1 saturated carbocycles. The summed E-state index contributed by atoms with van der Waals surface area (Å²) >= 11 is 0. The maximum Gasteiger partial charge on any atom is 0.146 e. The summed E-state index contributed by atoms with van der Waals surface area (Å²) in [5.41, 5.74) is 0.562. The zero-order chi connectivity index (χ0) is 10.7. The molecule has 1 aliphatic carbocycles. The van der Waals surface area contributed by atoms with E-state index in [0.29, 0.717) is 5.69 Å². The molecule has 0 amide bonds. The molecule has 2 rings (SSSR count). The molecule has 0 aliphatic heterocycles. The Labute approximate surface area is 89.9 Å². The Hall–Kier alpha value is -0.960. The molecule has 3 heteroatoms. The number of aromatic nitrogens is 1. The monoisotopic (exact) mass is 208 g/mol. The lowest BCUT2D eigenvalue weighted by Gasteiger charge is -2.29. The number of hydrogen-bond donors (Lipinski definition) is 1. The van der Waals surface area contributed by atoms with Crippen LogP contribution < -0.4 is 5.32 Å². The minimum Gasteiger partial charge on any atom is -0.312 e. The van der Waals surface area contributed by atoms with Crippen molar-refractivity contribution in [3.63, 3.8) is 0 Å². The molecule has 82 valence electrons. The first-order valence-corrected chi connectivity index (χ1v) is 5.59. The minimum atomic E-state index is -0.198. The molecule has 1 aromatic heterocycles. The molecule has 1 N–H and O–H groups in total. The summed E-state index contributed by atoms with van der Waals surface area (Å²) in [6.07, 6.45) is 6.55. The van der Waals surface area contributed by atoms with Gasteiger partial charge < -0.3 is 5.32 Å². The zero-order valence-electron chi connectivity index (χ0n) is 9.04. The fourth-order valence-corrected chi connectivity index (χ4v) is 2.08. The Kier molecular flexibility index (Phi) is 3.31. The van der Waals surface area contributed by atoms with E-state index in [1.165, 1.54) is 25.3 Å². The summed E-state index contributed by atoms with van der Waals surface area (Å²) in [5.74, 6) is 0.556. The van der Waals surface area contributed by atoms with E-state index in [0.717, 1.165) is 12.3 Å². The van der Waals surface area contributed by atoms with Crippen molar-refractivity contribution in [1.82, 2.24) is 10.3 Å². The molecule has 15 heavy (non-hydrogen) atoms. The Balaban J connectivity index is 2.07. The molecule has 1 heterocycles. The van der Waals surface area contributed by atoms with Gasteiger partial charge in [-0.05, 0) is 31.5 Å². The minimum absolute atomic E-state index is 0.0662. The molecular weight excluding hydrogens is 191 g/mol. The summed E-state index contributed by atoms with van der Waals surface area (Å²) in [5, 5.41) is 3.16. The van der Waals surface area contributed by atoms with E-state index < -0.39 is 0 Å². The first-order valence-electron chi connectivity index (χ1n) is 5.59. The lowest BCUT2D eigenvalue weighted by atomic mass is 9.80. The van der Waals surface area contributed by atoms with Crippen LogP contribution in [0.15, 0.2) is 18.3 Å². The third-order valence-corrected chi connectivity index (χ3v) is 3.26. The van der Waals surface area contributed by atoms with E-state index in [-0.39, 0.29) is 11.9 Å². The van der Waals surface area contributed by atoms with Gasteiger partial charge in [-0.3, -0.25) is 4.98 Å². The fourth-order valence-electron chi connectivity index (χ4n) is 2.08. The van der Waals surface area contributed by atoms with Gasteiger partial charge in [0.1, 0.15) is 5.82 Å². The van der Waals surface area contributed by atoms with Gasteiger partial charge in [0.25, 0.3) is 0 Å². The molecular formula is C12H17FN2. The van der Waals surface area contributed by atoms with Crippen LogP contribution in [0.1, 0.15) is 37.4 Å². The highest BCUT2D eigenvalue weighted by Crippen LogP contribution is 2.34. The Morgan fingerprint density at radius 3 is 2.93 bits per heavy atom. The lowest BCUT2D eigenvalue weighted by molar-refractivity contribution is 0.261. The number of hydrogen-bond acceptors (Lipinski definition) is 2. The maximum atomic E-state index is 13.5. The van der Waals surface area contributed by atoms with Gasteiger partial charge in [-0.1, -0.05) is 19.3 Å². The van der Waals surface area contributed by atoms with E-state index in [2.05, 4.69) is 10.3 Å². The highest BCUT2D eigenvalue weighted by molar-refractivity contribution is 5.11. The third kappa shape index (κ3) is 2.34. The molecule has 1 aliphatic rings. The van der Waals surface area contributed by atoms with Crippen molar-refractivity contribution in [2.24, 2.45) is 5.92 Å². The van der Waals surface area contributed by atoms with Gasteiger partial charge in [-0.2, -0.15) is 0 Å². The normalized spacial score (nSPS) is 18.5. The van der Waals surface area contributed by atoms with Crippen LogP contribution >= 0.6 is 0 Å². The second-order valence-corrected chi connectivity index (χ2v) is 4.24. The highest BCUT2D eigenvalue weighted by atomic mass is 19.1. The van der Waals surface area contributed by atoms with Crippen LogP contribution in [-0.4, -0.2) is 12.0 Å². The van der Waals surface area contributed by atoms with E-state index in [1.54, 1.807) is 12.3 Å². The topological polar surface area (TPSA) is 24.9 Å². The lowest BCUT2D eigenvalue weighted by Crippen LogP contribution is -2.24. The van der Waals surface area contributed by atoms with E-state index in [4.69, 9.17) is 0 Å². The number of nitrogens with zero attached hydrogens (tertiary/aromatic N) is 1. The van der Waals surface area contributed by atoms with E-state index >= 15 is 0 Å². The summed E-state index contributed by atoms with van der Waals surface area (Å²) in [6, 6.07) is 3.18. The van der Waals surface area contributed by atoms with Crippen LogP contribution in [0.5, 0.6) is 0 Å². The number of rotatable bonds is 4. The molecule has 1 fully saturated rings. The molecule has 0 radical (unpaired) electrons. The molecule has 0 spiro atoms. The molecule has 2 nitrogen and oxygen atoms in total. The van der Waals surface area contributed by atoms with Gasteiger partial charge >= 0.3 is 0 Å². The number of pyridine rings is 1. The van der Waals surface area contributed by atoms with Gasteiger partial charge in [-0.15, -0.1) is 0 Å². The van der Waals surface area contributed by atoms with Crippen molar-refractivity contribution >= 4 is 0 Å². The number of nitrogens with one attached hydrogen (secondary N) is 1. The second kappa shape index (κ2) is 4.71. The SMILES string of the molecule is CNC(CC1CCC1)c1ncccc1F. The van der Waals surface area contributed by atoms with Crippen molar-refractivity contribution in [1.29, 1.82) is 0 Å². The first-order chi connectivity index (χ1) is 7.31. The van der Waals surface area contributed by atoms with Crippen molar-refractivity contribution < 1.29 is 4.39 Å². The van der Waals surface area contributed by atoms with Gasteiger partial charge in [0.05, 0.1) is 11.7 Å². The summed E-state index contributed by atoms with van der Waals surface area (Å²) in [7, 11) is 1.87. The molecule has 1 unspecified atom stereocenters. The predicted octanol–water partition coefficient (Wildman–Crippen LogP) is 2.67. The van der Waals surface area contributed by atoms with Crippen LogP contribution in [0.25, 0.3) is 0 Å². The zero-order valence-corrected chi connectivity index (χ0v) is 9.04. The van der Waals surface area contributed by atoms with E-state index in [9.17, 15) is 4.39 Å². The van der Waals surface area contributed by atoms with Gasteiger partial charge in [0.2, 0.25) is 0 Å². The summed E-state index contributed by atoms with van der Waals surface area (Å²) in [6.45, 7) is 0. The Morgan fingerprint density at radius 2 is 2.40 bits per heavy atom. The van der Waals surface area contributed by atoms with E-state index in [1.807, 2.05) is 7.05 Å². The van der Waals surface area contributed by atoms with Crippen LogP contribution in [0.2, 0.25) is 0 Å². The average Bonchev–Trinajstić information content (AvgIpc) is 2.19. The van der Waals surface area contributed by atoms with Crippen molar-refractivity contribution in [2.45, 2.75) is 31.7 Å². The standard InChI is InChI=1S/C12H17FN2/c1-14-11(8-9-4-2-5-9)12-10(13)6-3-7-15-12/h3,6-7,9,11,14H,2,4-5,8H2,1H3. The second-order valence-electron chi connectivity index (χ2n) is 4.24. The first kappa shape index (κ1) is 10.6. The predicted molar refractivity (Wildman–Crippen MR) is 58.0 cm³/mol. The largest absolute Gasteiger partial charge is 0.312 e. The van der Waals surface area contributed by atoms with Gasteiger partial charge in [0, 0.05) is 6.20 Å². The molecule has 1 aromatic rings. The Bertz CT molecular complexity index is 323.